The molecule has 2 aromatic rings. The van der Waals surface area contributed by atoms with Crippen LogP contribution >= 0.6 is 0 Å². The minimum Gasteiger partial charge on any atom is -0.370 e. The van der Waals surface area contributed by atoms with Crippen LogP contribution < -0.4 is 5.32 Å². The minimum atomic E-state index is 0.884. The van der Waals surface area contributed by atoms with E-state index in [0.717, 1.165) is 36.7 Å². The molecule has 0 bridgehead atoms. The summed E-state index contributed by atoms with van der Waals surface area (Å²) < 4.78 is 2.04. The van der Waals surface area contributed by atoms with Gasteiger partial charge < -0.3 is 5.32 Å². The van der Waals surface area contributed by atoms with E-state index in [-0.39, 0.29) is 0 Å². The Morgan fingerprint density at radius 1 is 1.11 bits per heavy atom. The summed E-state index contributed by atoms with van der Waals surface area (Å²) in [5.41, 5.74) is 3.27. The van der Waals surface area contributed by atoms with Gasteiger partial charge in [-0.2, -0.15) is 5.10 Å². The van der Waals surface area contributed by atoms with E-state index in [9.17, 15) is 0 Å². The number of aryl methyl sites for hydroxylation is 4. The highest BCUT2D eigenvalue weighted by molar-refractivity contribution is 5.34. The molecule has 0 aromatic carbocycles. The number of hydrogen-bond acceptors (Lipinski definition) is 4. The van der Waals surface area contributed by atoms with Crippen molar-refractivity contribution >= 4 is 5.82 Å². The van der Waals surface area contributed by atoms with Gasteiger partial charge >= 0.3 is 0 Å². The standard InChI is InChI=1S/C13H19N5/c1-10-8-13(16-9-15-10)14-5-4-6-18-12(3)7-11(2)17-18/h7-9H,4-6H2,1-3H3,(H,14,15,16). The van der Waals surface area contributed by atoms with Gasteiger partial charge in [-0.1, -0.05) is 0 Å². The van der Waals surface area contributed by atoms with Crippen molar-refractivity contribution in [2.75, 3.05) is 11.9 Å². The van der Waals surface area contributed by atoms with Gasteiger partial charge in [0.25, 0.3) is 0 Å². The summed E-state index contributed by atoms with van der Waals surface area (Å²) in [7, 11) is 0. The van der Waals surface area contributed by atoms with E-state index in [4.69, 9.17) is 0 Å². The Morgan fingerprint density at radius 2 is 1.94 bits per heavy atom. The molecule has 2 heterocycles. The van der Waals surface area contributed by atoms with E-state index in [1.54, 1.807) is 6.33 Å². The summed E-state index contributed by atoms with van der Waals surface area (Å²) in [6, 6.07) is 4.05. The molecule has 1 N–H and O–H groups in total. The molecule has 5 nitrogen and oxygen atoms in total. The SMILES string of the molecule is Cc1cc(NCCCn2nc(C)cc2C)ncn1. The molecule has 0 amide bonds. The van der Waals surface area contributed by atoms with Crippen LogP contribution in [0, 0.1) is 20.8 Å². The lowest BCUT2D eigenvalue weighted by atomic mass is 10.3. The van der Waals surface area contributed by atoms with Crippen LogP contribution in [0.5, 0.6) is 0 Å². The summed E-state index contributed by atoms with van der Waals surface area (Å²) in [6.45, 7) is 7.88. The van der Waals surface area contributed by atoms with Crippen LogP contribution in [0.25, 0.3) is 0 Å². The van der Waals surface area contributed by atoms with Crippen LogP contribution in [0.1, 0.15) is 23.5 Å². The Kier molecular flexibility index (Phi) is 3.92. The molecular formula is C13H19N5. The Balaban J connectivity index is 1.78. The van der Waals surface area contributed by atoms with Crippen LogP contribution in [0.3, 0.4) is 0 Å². The summed E-state index contributed by atoms with van der Waals surface area (Å²) in [4.78, 5) is 8.23. The van der Waals surface area contributed by atoms with E-state index < -0.39 is 0 Å². The van der Waals surface area contributed by atoms with Crippen LogP contribution in [0.4, 0.5) is 5.82 Å². The van der Waals surface area contributed by atoms with Crippen LogP contribution in [-0.4, -0.2) is 26.3 Å². The molecule has 0 unspecified atom stereocenters. The van der Waals surface area contributed by atoms with Gasteiger partial charge in [-0.15, -0.1) is 0 Å². The molecule has 0 fully saturated rings. The van der Waals surface area contributed by atoms with E-state index in [0.29, 0.717) is 0 Å². The first-order chi connectivity index (χ1) is 8.65. The van der Waals surface area contributed by atoms with Gasteiger partial charge in [0.2, 0.25) is 0 Å². The fourth-order valence-electron chi connectivity index (χ4n) is 1.90. The zero-order valence-corrected chi connectivity index (χ0v) is 11.1. The lowest BCUT2D eigenvalue weighted by Gasteiger charge is -2.07. The Hall–Kier alpha value is -1.91. The van der Waals surface area contributed by atoms with Gasteiger partial charge in [-0.05, 0) is 33.3 Å². The smallest absolute Gasteiger partial charge is 0.129 e. The first-order valence-electron chi connectivity index (χ1n) is 6.19. The third kappa shape index (κ3) is 3.29. The fraction of sp³-hybridized carbons (Fsp3) is 0.462. The van der Waals surface area contributed by atoms with Gasteiger partial charge in [0.15, 0.2) is 0 Å². The highest BCUT2D eigenvalue weighted by Gasteiger charge is 2.00. The summed E-state index contributed by atoms with van der Waals surface area (Å²) in [5, 5.41) is 7.72. The molecule has 18 heavy (non-hydrogen) atoms. The second kappa shape index (κ2) is 5.62. The number of rotatable bonds is 5. The normalized spacial score (nSPS) is 10.6. The maximum Gasteiger partial charge on any atom is 0.129 e. The second-order valence-corrected chi connectivity index (χ2v) is 4.48. The van der Waals surface area contributed by atoms with Crippen molar-refractivity contribution in [1.82, 2.24) is 19.7 Å². The number of aromatic nitrogens is 4. The molecule has 0 spiro atoms. The summed E-state index contributed by atoms with van der Waals surface area (Å²) in [6.07, 6.45) is 2.60. The Morgan fingerprint density at radius 3 is 2.61 bits per heavy atom. The summed E-state index contributed by atoms with van der Waals surface area (Å²) >= 11 is 0. The van der Waals surface area contributed by atoms with Gasteiger partial charge in [0.1, 0.15) is 12.1 Å². The maximum absolute atomic E-state index is 4.43. The molecule has 5 heteroatoms. The van der Waals surface area contributed by atoms with Gasteiger partial charge in [0, 0.05) is 30.5 Å². The molecule has 0 aliphatic rings. The monoisotopic (exact) mass is 245 g/mol. The average molecular weight is 245 g/mol. The zero-order chi connectivity index (χ0) is 13.0. The number of anilines is 1. The Labute approximate surface area is 107 Å². The third-order valence-electron chi connectivity index (χ3n) is 2.76. The number of hydrogen-bond donors (Lipinski definition) is 1. The first-order valence-corrected chi connectivity index (χ1v) is 6.19. The molecule has 96 valence electrons. The van der Waals surface area contributed by atoms with Crippen molar-refractivity contribution in [3.8, 4) is 0 Å². The lowest BCUT2D eigenvalue weighted by Crippen LogP contribution is -2.09. The zero-order valence-electron chi connectivity index (χ0n) is 11.1. The molecule has 0 radical (unpaired) electrons. The highest BCUT2D eigenvalue weighted by atomic mass is 15.3. The maximum atomic E-state index is 4.43. The molecule has 2 aromatic heterocycles. The number of nitrogens with zero attached hydrogens (tertiary/aromatic N) is 4. The molecule has 0 atom stereocenters. The first kappa shape index (κ1) is 12.5. The van der Waals surface area contributed by atoms with Crippen molar-refractivity contribution in [2.24, 2.45) is 0 Å². The quantitative estimate of drug-likeness (QED) is 0.820. The number of nitrogens with one attached hydrogen (secondary N) is 1. The molecule has 0 aliphatic heterocycles. The van der Waals surface area contributed by atoms with E-state index in [2.05, 4.69) is 33.4 Å². The van der Waals surface area contributed by atoms with E-state index in [1.807, 2.05) is 24.6 Å². The second-order valence-electron chi connectivity index (χ2n) is 4.48. The molecule has 0 saturated carbocycles. The van der Waals surface area contributed by atoms with Crippen molar-refractivity contribution < 1.29 is 0 Å². The largest absolute Gasteiger partial charge is 0.370 e. The predicted octanol–water partition coefficient (Wildman–Crippen LogP) is 2.10. The summed E-state index contributed by atoms with van der Waals surface area (Å²) in [5.74, 6) is 0.885. The topological polar surface area (TPSA) is 55.6 Å². The minimum absolute atomic E-state index is 0.884. The van der Waals surface area contributed by atoms with Gasteiger partial charge in [0.05, 0.1) is 5.69 Å². The highest BCUT2D eigenvalue weighted by Crippen LogP contribution is 2.04. The Bertz CT molecular complexity index is 518. The fourth-order valence-corrected chi connectivity index (χ4v) is 1.90. The molecule has 0 aliphatic carbocycles. The molecule has 2 rings (SSSR count). The van der Waals surface area contributed by atoms with Gasteiger partial charge in [-0.3, -0.25) is 4.68 Å². The van der Waals surface area contributed by atoms with Crippen molar-refractivity contribution in [3.05, 3.63) is 35.5 Å². The van der Waals surface area contributed by atoms with Crippen molar-refractivity contribution in [2.45, 2.75) is 33.7 Å². The van der Waals surface area contributed by atoms with Crippen molar-refractivity contribution in [1.29, 1.82) is 0 Å². The van der Waals surface area contributed by atoms with Crippen molar-refractivity contribution in [3.63, 3.8) is 0 Å². The predicted molar refractivity (Wildman–Crippen MR) is 71.6 cm³/mol. The van der Waals surface area contributed by atoms with E-state index in [1.165, 1.54) is 5.69 Å². The average Bonchev–Trinajstić information content (AvgIpc) is 2.64. The molecule has 0 saturated heterocycles. The van der Waals surface area contributed by atoms with Gasteiger partial charge in [-0.25, -0.2) is 9.97 Å². The molecular weight excluding hydrogens is 226 g/mol. The van der Waals surface area contributed by atoms with Crippen LogP contribution in [0.2, 0.25) is 0 Å². The lowest BCUT2D eigenvalue weighted by molar-refractivity contribution is 0.573. The van der Waals surface area contributed by atoms with Crippen LogP contribution in [-0.2, 0) is 6.54 Å². The van der Waals surface area contributed by atoms with E-state index >= 15 is 0 Å². The third-order valence-corrected chi connectivity index (χ3v) is 2.76. The van der Waals surface area contributed by atoms with Crippen LogP contribution in [0.15, 0.2) is 18.5 Å².